The summed E-state index contributed by atoms with van der Waals surface area (Å²) in [5, 5.41) is 9.92. The van der Waals surface area contributed by atoms with Crippen LogP contribution in [0.25, 0.3) is 11.4 Å². The molecule has 1 aliphatic heterocycles. The first-order chi connectivity index (χ1) is 15.4. The number of nitrogens with zero attached hydrogens (tertiary/aromatic N) is 3. The van der Waals surface area contributed by atoms with Gasteiger partial charge in [0.15, 0.2) is 0 Å². The standard InChI is InChI=1S/C24H24ClN3O4/c1-15-6-7-21-20(12-15)27(9-11-32-21)22(30)14-28-23(17-4-3-5-18(25)13-17)26-16(2)19(8-10-29)24(28)31/h3-7,12-13,29H,8-11,14H2,1-2H3. The number of halogens is 1. The molecule has 32 heavy (non-hydrogen) atoms. The molecule has 0 saturated heterocycles. The van der Waals surface area contributed by atoms with Crippen molar-refractivity contribution in [2.24, 2.45) is 0 Å². The Bertz CT molecular complexity index is 1240. The summed E-state index contributed by atoms with van der Waals surface area (Å²) >= 11 is 6.17. The number of benzene rings is 2. The molecule has 0 unspecified atom stereocenters. The fourth-order valence-corrected chi connectivity index (χ4v) is 4.09. The Morgan fingerprint density at radius 3 is 2.78 bits per heavy atom. The van der Waals surface area contributed by atoms with Crippen LogP contribution in [0.4, 0.5) is 5.69 Å². The molecule has 0 bridgehead atoms. The van der Waals surface area contributed by atoms with Crippen LogP contribution in [0, 0.1) is 13.8 Å². The summed E-state index contributed by atoms with van der Waals surface area (Å²) in [5.41, 5.74) is 2.91. The molecule has 4 rings (SSSR count). The highest BCUT2D eigenvalue weighted by Crippen LogP contribution is 2.32. The third-order valence-corrected chi connectivity index (χ3v) is 5.72. The second kappa shape index (κ2) is 9.14. The van der Waals surface area contributed by atoms with Crippen LogP contribution < -0.4 is 15.2 Å². The van der Waals surface area contributed by atoms with Gasteiger partial charge < -0.3 is 14.7 Å². The van der Waals surface area contributed by atoms with Gasteiger partial charge >= 0.3 is 0 Å². The maximum absolute atomic E-state index is 13.4. The molecule has 0 fully saturated rings. The minimum atomic E-state index is -0.340. The largest absolute Gasteiger partial charge is 0.490 e. The SMILES string of the molecule is Cc1ccc2c(c1)N(C(=O)Cn1c(-c3cccc(Cl)c3)nc(C)c(CCO)c1=O)CCO2. The van der Waals surface area contributed by atoms with Crippen molar-refractivity contribution >= 4 is 23.2 Å². The van der Waals surface area contributed by atoms with E-state index in [1.165, 1.54) is 4.57 Å². The van der Waals surface area contributed by atoms with Crippen LogP contribution in [0.5, 0.6) is 5.75 Å². The molecule has 0 spiro atoms. The van der Waals surface area contributed by atoms with E-state index in [4.69, 9.17) is 16.3 Å². The number of aliphatic hydroxyl groups is 1. The fourth-order valence-electron chi connectivity index (χ4n) is 3.90. The van der Waals surface area contributed by atoms with Crippen molar-refractivity contribution in [2.45, 2.75) is 26.8 Å². The first-order valence-corrected chi connectivity index (χ1v) is 10.8. The number of fused-ring (bicyclic) bond motifs is 1. The first kappa shape index (κ1) is 22.0. The lowest BCUT2D eigenvalue weighted by molar-refractivity contribution is -0.119. The summed E-state index contributed by atoms with van der Waals surface area (Å²) in [7, 11) is 0. The number of hydrogen-bond donors (Lipinski definition) is 1. The van der Waals surface area contributed by atoms with Crippen molar-refractivity contribution in [3.05, 3.63) is 74.7 Å². The van der Waals surface area contributed by atoms with Crippen molar-refractivity contribution in [1.29, 1.82) is 0 Å². The van der Waals surface area contributed by atoms with Crippen molar-refractivity contribution in [3.63, 3.8) is 0 Å². The van der Waals surface area contributed by atoms with Gasteiger partial charge in [0.2, 0.25) is 5.91 Å². The second-order valence-corrected chi connectivity index (χ2v) is 8.18. The van der Waals surface area contributed by atoms with Crippen LogP contribution in [0.1, 0.15) is 16.8 Å². The van der Waals surface area contributed by atoms with Crippen molar-refractivity contribution in [2.75, 3.05) is 24.7 Å². The van der Waals surface area contributed by atoms with Gasteiger partial charge in [0.05, 0.1) is 12.2 Å². The zero-order valence-corrected chi connectivity index (χ0v) is 18.7. The number of carbonyl (C=O) groups is 1. The molecule has 7 nitrogen and oxygen atoms in total. The van der Waals surface area contributed by atoms with Crippen molar-refractivity contribution in [3.8, 4) is 17.1 Å². The minimum Gasteiger partial charge on any atom is -0.490 e. The van der Waals surface area contributed by atoms with Crippen LogP contribution in [0.2, 0.25) is 5.02 Å². The topological polar surface area (TPSA) is 84.7 Å². The number of aliphatic hydroxyl groups excluding tert-OH is 1. The molecule has 2 aromatic carbocycles. The quantitative estimate of drug-likeness (QED) is 0.641. The highest BCUT2D eigenvalue weighted by atomic mass is 35.5. The van der Waals surface area contributed by atoms with E-state index < -0.39 is 0 Å². The van der Waals surface area contributed by atoms with E-state index in [1.807, 2.05) is 25.1 Å². The number of anilines is 1. The predicted octanol–water partition coefficient (Wildman–Crippen LogP) is 3.14. The molecule has 1 N–H and O–H groups in total. The van der Waals surface area contributed by atoms with Gasteiger partial charge in [-0.15, -0.1) is 0 Å². The van der Waals surface area contributed by atoms with Gasteiger partial charge in [-0.3, -0.25) is 14.2 Å². The highest BCUT2D eigenvalue weighted by molar-refractivity contribution is 6.30. The summed E-state index contributed by atoms with van der Waals surface area (Å²) in [6.07, 6.45) is 0.168. The zero-order chi connectivity index (χ0) is 22.8. The molecule has 3 aromatic rings. The number of aryl methyl sites for hydroxylation is 2. The van der Waals surface area contributed by atoms with Crippen LogP contribution in [0.3, 0.4) is 0 Å². The molecular formula is C24H24ClN3O4. The molecule has 1 amide bonds. The number of aromatic nitrogens is 2. The number of ether oxygens (including phenoxy) is 1. The summed E-state index contributed by atoms with van der Waals surface area (Å²) < 4.78 is 7.06. The smallest absolute Gasteiger partial charge is 0.257 e. The summed E-state index contributed by atoms with van der Waals surface area (Å²) in [4.78, 5) is 33.0. The number of carbonyl (C=O) groups excluding carboxylic acids is 1. The van der Waals surface area contributed by atoms with Gasteiger partial charge in [-0.2, -0.15) is 0 Å². The Kier molecular flexibility index (Phi) is 6.30. The van der Waals surface area contributed by atoms with Gasteiger partial charge in [-0.1, -0.05) is 29.8 Å². The van der Waals surface area contributed by atoms with E-state index in [1.54, 1.807) is 36.1 Å². The van der Waals surface area contributed by atoms with Gasteiger partial charge in [0.1, 0.15) is 24.7 Å². The van der Waals surface area contributed by atoms with E-state index in [0.717, 1.165) is 5.56 Å². The van der Waals surface area contributed by atoms with E-state index in [2.05, 4.69) is 4.98 Å². The van der Waals surface area contributed by atoms with Crippen LogP contribution in [-0.4, -0.2) is 40.3 Å². The highest BCUT2D eigenvalue weighted by Gasteiger charge is 2.26. The van der Waals surface area contributed by atoms with Gasteiger partial charge in [-0.05, 0) is 43.7 Å². The van der Waals surface area contributed by atoms with Crippen molar-refractivity contribution in [1.82, 2.24) is 9.55 Å². The Labute approximate surface area is 190 Å². The molecule has 0 aliphatic carbocycles. The average Bonchev–Trinajstić information content (AvgIpc) is 2.77. The van der Waals surface area contributed by atoms with Gasteiger partial charge in [0.25, 0.3) is 5.56 Å². The maximum Gasteiger partial charge on any atom is 0.257 e. The number of rotatable bonds is 5. The summed E-state index contributed by atoms with van der Waals surface area (Å²) in [6.45, 7) is 4.06. The number of amides is 1. The molecule has 166 valence electrons. The molecular weight excluding hydrogens is 430 g/mol. The first-order valence-electron chi connectivity index (χ1n) is 10.4. The number of hydrogen-bond acceptors (Lipinski definition) is 5. The third-order valence-electron chi connectivity index (χ3n) is 5.49. The minimum absolute atomic E-state index is 0.168. The Hall–Kier alpha value is -3.16. The fraction of sp³-hybridized carbons (Fsp3) is 0.292. The van der Waals surface area contributed by atoms with E-state index >= 15 is 0 Å². The zero-order valence-electron chi connectivity index (χ0n) is 18.0. The molecule has 2 heterocycles. The molecule has 0 atom stereocenters. The van der Waals surface area contributed by atoms with Crippen molar-refractivity contribution < 1.29 is 14.6 Å². The molecule has 8 heteroatoms. The van der Waals surface area contributed by atoms with E-state index in [-0.39, 0.29) is 31.0 Å². The summed E-state index contributed by atoms with van der Waals surface area (Å²) in [6, 6.07) is 12.7. The summed E-state index contributed by atoms with van der Waals surface area (Å²) in [5.74, 6) is 0.759. The van der Waals surface area contributed by atoms with Gasteiger partial charge in [-0.25, -0.2) is 4.98 Å². The van der Waals surface area contributed by atoms with E-state index in [0.29, 0.717) is 52.3 Å². The Balaban J connectivity index is 1.79. The average molecular weight is 454 g/mol. The van der Waals surface area contributed by atoms with Crippen LogP contribution >= 0.6 is 11.6 Å². The molecule has 0 radical (unpaired) electrons. The second-order valence-electron chi connectivity index (χ2n) is 7.74. The lowest BCUT2D eigenvalue weighted by Crippen LogP contribution is -2.42. The lowest BCUT2D eigenvalue weighted by Gasteiger charge is -2.30. The lowest BCUT2D eigenvalue weighted by atomic mass is 10.1. The van der Waals surface area contributed by atoms with Crippen LogP contribution in [0.15, 0.2) is 47.3 Å². The monoisotopic (exact) mass is 453 g/mol. The van der Waals surface area contributed by atoms with Crippen LogP contribution in [-0.2, 0) is 17.8 Å². The van der Waals surface area contributed by atoms with Gasteiger partial charge in [0, 0.05) is 34.9 Å². The van der Waals surface area contributed by atoms with E-state index in [9.17, 15) is 14.7 Å². The normalized spacial score (nSPS) is 12.9. The Morgan fingerprint density at radius 2 is 2.03 bits per heavy atom. The molecule has 1 aromatic heterocycles. The Morgan fingerprint density at radius 1 is 1.22 bits per heavy atom. The molecule has 0 saturated carbocycles. The maximum atomic E-state index is 13.4. The third kappa shape index (κ3) is 4.26. The predicted molar refractivity (Wildman–Crippen MR) is 123 cm³/mol. The molecule has 1 aliphatic rings.